The lowest BCUT2D eigenvalue weighted by atomic mass is 10.0. The SMILES string of the molecule is COc1cc(C(=O)N2CC(C)N(C)C[C@H]2C)ccc1-c1cc2nccc(-c3ccc(OC4CCOCC4)c(C#N)c3)c2o1. The normalized spacial score (nSPS) is 19.7. The zero-order chi connectivity index (χ0) is 30.1. The van der Waals surface area contributed by atoms with E-state index < -0.39 is 0 Å². The molecule has 4 heterocycles. The van der Waals surface area contributed by atoms with Crippen molar-refractivity contribution in [1.29, 1.82) is 5.26 Å². The molecule has 4 aromatic rings. The summed E-state index contributed by atoms with van der Waals surface area (Å²) >= 11 is 0. The maximum absolute atomic E-state index is 13.5. The Morgan fingerprint density at radius 3 is 2.58 bits per heavy atom. The van der Waals surface area contributed by atoms with Gasteiger partial charge < -0.3 is 23.5 Å². The van der Waals surface area contributed by atoms with Crippen molar-refractivity contribution in [3.05, 3.63) is 65.9 Å². The number of furan rings is 1. The van der Waals surface area contributed by atoms with Gasteiger partial charge in [-0.2, -0.15) is 5.26 Å². The van der Waals surface area contributed by atoms with E-state index >= 15 is 0 Å². The number of ether oxygens (including phenoxy) is 3. The van der Waals surface area contributed by atoms with Gasteiger partial charge in [-0.25, -0.2) is 0 Å². The Morgan fingerprint density at radius 2 is 1.81 bits per heavy atom. The molecule has 43 heavy (non-hydrogen) atoms. The number of carbonyl (C=O) groups excluding carboxylic acids is 1. The van der Waals surface area contributed by atoms with Crippen LogP contribution in [0.2, 0.25) is 0 Å². The van der Waals surface area contributed by atoms with Crippen LogP contribution >= 0.6 is 0 Å². The fraction of sp³-hybridized carbons (Fsp3) is 0.382. The van der Waals surface area contributed by atoms with E-state index in [9.17, 15) is 10.1 Å². The van der Waals surface area contributed by atoms with Crippen LogP contribution in [0.15, 0.2) is 59.1 Å². The van der Waals surface area contributed by atoms with E-state index in [0.717, 1.165) is 36.1 Å². The number of benzene rings is 2. The molecule has 6 rings (SSSR count). The molecule has 2 aliphatic heterocycles. The van der Waals surface area contributed by atoms with Gasteiger partial charge >= 0.3 is 0 Å². The molecule has 0 aliphatic carbocycles. The van der Waals surface area contributed by atoms with Crippen molar-refractivity contribution in [3.63, 3.8) is 0 Å². The van der Waals surface area contributed by atoms with E-state index in [1.54, 1.807) is 19.4 Å². The first kappa shape index (κ1) is 28.7. The minimum atomic E-state index is -0.0107. The monoisotopic (exact) mass is 580 g/mol. The van der Waals surface area contributed by atoms with Crippen molar-refractivity contribution in [2.45, 2.75) is 44.9 Å². The first-order valence-electron chi connectivity index (χ1n) is 14.7. The zero-order valence-electron chi connectivity index (χ0n) is 25.0. The van der Waals surface area contributed by atoms with Gasteiger partial charge in [-0.05, 0) is 62.9 Å². The summed E-state index contributed by atoms with van der Waals surface area (Å²) in [5.74, 6) is 1.68. The number of pyridine rings is 1. The lowest BCUT2D eigenvalue weighted by Crippen LogP contribution is -2.56. The second-order valence-electron chi connectivity index (χ2n) is 11.4. The highest BCUT2D eigenvalue weighted by Crippen LogP contribution is 2.39. The van der Waals surface area contributed by atoms with Crippen LogP contribution in [-0.2, 0) is 4.74 Å². The van der Waals surface area contributed by atoms with Crippen molar-refractivity contribution in [2.24, 2.45) is 0 Å². The summed E-state index contributed by atoms with van der Waals surface area (Å²) in [6.45, 7) is 7.05. The van der Waals surface area contributed by atoms with Gasteiger partial charge in [0.05, 0.1) is 31.5 Å². The molecule has 1 unspecified atom stereocenters. The van der Waals surface area contributed by atoms with Crippen LogP contribution in [0.3, 0.4) is 0 Å². The van der Waals surface area contributed by atoms with Crippen LogP contribution in [0.25, 0.3) is 33.6 Å². The molecular formula is C34H36N4O5. The molecule has 1 amide bonds. The minimum absolute atomic E-state index is 0.0107. The van der Waals surface area contributed by atoms with Crippen LogP contribution < -0.4 is 9.47 Å². The van der Waals surface area contributed by atoms with Crippen LogP contribution in [0.5, 0.6) is 11.5 Å². The number of carbonyl (C=O) groups is 1. The minimum Gasteiger partial charge on any atom is -0.496 e. The fourth-order valence-corrected chi connectivity index (χ4v) is 5.94. The molecule has 0 saturated carbocycles. The van der Waals surface area contributed by atoms with Crippen molar-refractivity contribution in [3.8, 4) is 40.0 Å². The summed E-state index contributed by atoms with van der Waals surface area (Å²) in [6.07, 6.45) is 3.38. The van der Waals surface area contributed by atoms with E-state index in [2.05, 4.69) is 36.8 Å². The lowest BCUT2D eigenvalue weighted by molar-refractivity contribution is 0.0254. The van der Waals surface area contributed by atoms with Gasteiger partial charge in [-0.15, -0.1) is 0 Å². The number of hydrogen-bond acceptors (Lipinski definition) is 8. The first-order valence-corrected chi connectivity index (χ1v) is 14.7. The molecule has 9 heteroatoms. The Labute approximate surface area is 251 Å². The average molecular weight is 581 g/mol. The summed E-state index contributed by atoms with van der Waals surface area (Å²) in [5, 5.41) is 9.89. The molecule has 0 N–H and O–H groups in total. The van der Waals surface area contributed by atoms with Gasteiger partial charge in [0.2, 0.25) is 0 Å². The second kappa shape index (κ2) is 12.1. The van der Waals surface area contributed by atoms with E-state index in [1.165, 1.54) is 0 Å². The van der Waals surface area contributed by atoms with Gasteiger partial charge in [0.1, 0.15) is 34.9 Å². The van der Waals surface area contributed by atoms with Crippen LogP contribution in [0.1, 0.15) is 42.6 Å². The molecule has 2 atom stereocenters. The Kier molecular flexibility index (Phi) is 8.06. The number of hydrogen-bond donors (Lipinski definition) is 0. The average Bonchev–Trinajstić information content (AvgIpc) is 3.47. The lowest BCUT2D eigenvalue weighted by Gasteiger charge is -2.42. The molecule has 0 spiro atoms. The molecule has 0 radical (unpaired) electrons. The standard InChI is InChI=1S/C34H36N4O5/c1-21-20-38(22(2)19-37(21)3)34(39)24-5-7-28(31(16-24)40-4)32-17-29-33(43-32)27(9-12-36-29)23-6-8-30(25(15-23)18-35)42-26-10-13-41-14-11-26/h5-9,12,15-17,21-22,26H,10-11,13-14,19-20H2,1-4H3/t21?,22-/m1/s1. The molecular weight excluding hydrogens is 544 g/mol. The summed E-state index contributed by atoms with van der Waals surface area (Å²) in [5.41, 5.74) is 4.68. The third-order valence-corrected chi connectivity index (χ3v) is 8.56. The Morgan fingerprint density at radius 1 is 1.00 bits per heavy atom. The van der Waals surface area contributed by atoms with Gasteiger partial charge in [-0.1, -0.05) is 6.07 Å². The van der Waals surface area contributed by atoms with E-state index in [0.29, 0.717) is 65.3 Å². The summed E-state index contributed by atoms with van der Waals surface area (Å²) < 4.78 is 23.7. The van der Waals surface area contributed by atoms with Gasteiger partial charge in [0, 0.05) is 61.4 Å². The summed E-state index contributed by atoms with van der Waals surface area (Å²) in [7, 11) is 3.68. The van der Waals surface area contributed by atoms with Crippen molar-refractivity contribution < 1.29 is 23.4 Å². The molecule has 2 aromatic carbocycles. The largest absolute Gasteiger partial charge is 0.496 e. The summed E-state index contributed by atoms with van der Waals surface area (Å²) in [4.78, 5) is 22.2. The number of fused-ring (bicyclic) bond motifs is 1. The Balaban J connectivity index is 1.30. The first-order chi connectivity index (χ1) is 20.9. The topological polar surface area (TPSA) is 101 Å². The molecule has 2 fully saturated rings. The third-order valence-electron chi connectivity index (χ3n) is 8.56. The van der Waals surface area contributed by atoms with Crippen LogP contribution in [0, 0.1) is 11.3 Å². The second-order valence-corrected chi connectivity index (χ2v) is 11.4. The number of piperazine rings is 1. The Bertz CT molecular complexity index is 1690. The van der Waals surface area contributed by atoms with Crippen molar-refractivity contribution >= 4 is 17.0 Å². The molecule has 222 valence electrons. The molecule has 2 aliphatic rings. The number of rotatable bonds is 6. The van der Waals surface area contributed by atoms with Crippen molar-refractivity contribution in [1.82, 2.24) is 14.8 Å². The van der Waals surface area contributed by atoms with Crippen molar-refractivity contribution in [2.75, 3.05) is 40.5 Å². The smallest absolute Gasteiger partial charge is 0.254 e. The number of nitriles is 1. The number of amides is 1. The highest BCUT2D eigenvalue weighted by Gasteiger charge is 2.31. The summed E-state index contributed by atoms with van der Waals surface area (Å²) in [6, 6.07) is 17.5. The van der Waals surface area contributed by atoms with Crippen LogP contribution in [0.4, 0.5) is 0 Å². The fourth-order valence-electron chi connectivity index (χ4n) is 5.94. The number of methoxy groups -OCH3 is 1. The Hall–Kier alpha value is -4.39. The van der Waals surface area contributed by atoms with E-state index in [4.69, 9.17) is 18.6 Å². The van der Waals surface area contributed by atoms with E-state index in [1.807, 2.05) is 47.4 Å². The van der Waals surface area contributed by atoms with Gasteiger partial charge in [-0.3, -0.25) is 14.7 Å². The highest BCUT2D eigenvalue weighted by atomic mass is 16.5. The number of likely N-dealkylation sites (N-methyl/N-ethyl adjacent to an activating group) is 1. The highest BCUT2D eigenvalue weighted by molar-refractivity contribution is 5.97. The molecule has 2 aromatic heterocycles. The third kappa shape index (κ3) is 5.68. The predicted octanol–water partition coefficient (Wildman–Crippen LogP) is 5.76. The number of nitrogens with zero attached hydrogens (tertiary/aromatic N) is 4. The predicted molar refractivity (Wildman–Crippen MR) is 163 cm³/mol. The van der Waals surface area contributed by atoms with Gasteiger partial charge in [0.15, 0.2) is 5.58 Å². The number of aromatic nitrogens is 1. The molecule has 2 saturated heterocycles. The van der Waals surface area contributed by atoms with E-state index in [-0.39, 0.29) is 18.1 Å². The zero-order valence-corrected chi connectivity index (χ0v) is 25.0. The molecule has 0 bridgehead atoms. The van der Waals surface area contributed by atoms with Crippen LogP contribution in [-0.4, -0.2) is 79.3 Å². The molecule has 9 nitrogen and oxygen atoms in total. The maximum atomic E-state index is 13.5. The quantitative estimate of drug-likeness (QED) is 0.284. The van der Waals surface area contributed by atoms with Gasteiger partial charge in [0.25, 0.3) is 5.91 Å². The maximum Gasteiger partial charge on any atom is 0.254 e.